The summed E-state index contributed by atoms with van der Waals surface area (Å²) in [6, 6.07) is 5.38. The van der Waals surface area contributed by atoms with Gasteiger partial charge in [-0.15, -0.1) is 12.4 Å². The first-order valence-electron chi connectivity index (χ1n) is 6.21. The van der Waals surface area contributed by atoms with Crippen molar-refractivity contribution in [2.75, 3.05) is 6.54 Å². The molecular formula is C14H21Cl3N2O. The molecule has 1 unspecified atom stereocenters. The van der Waals surface area contributed by atoms with Crippen molar-refractivity contribution in [1.29, 1.82) is 0 Å². The zero-order chi connectivity index (χ0) is 14.6. The van der Waals surface area contributed by atoms with Gasteiger partial charge in [-0.05, 0) is 38.0 Å². The second-order valence-corrected chi connectivity index (χ2v) is 6.27. The highest BCUT2D eigenvalue weighted by atomic mass is 35.5. The van der Waals surface area contributed by atoms with Gasteiger partial charge in [0.15, 0.2) is 0 Å². The smallest absolute Gasteiger partial charge is 0.224 e. The third-order valence-corrected chi connectivity index (χ3v) is 3.50. The Kier molecular flexibility index (Phi) is 7.89. The first-order valence-corrected chi connectivity index (χ1v) is 6.97. The van der Waals surface area contributed by atoms with Crippen molar-refractivity contribution >= 4 is 41.5 Å². The van der Waals surface area contributed by atoms with Crippen LogP contribution in [0, 0.1) is 5.92 Å². The number of carbonyl (C=O) groups is 1. The first kappa shape index (κ1) is 19.5. The molecule has 0 heterocycles. The number of carbonyl (C=O) groups excluding carboxylic acids is 1. The lowest BCUT2D eigenvalue weighted by molar-refractivity contribution is -0.125. The Hall–Kier alpha value is -0.480. The maximum atomic E-state index is 11.9. The summed E-state index contributed by atoms with van der Waals surface area (Å²) < 4.78 is 0. The Morgan fingerprint density at radius 1 is 1.40 bits per heavy atom. The minimum absolute atomic E-state index is 0. The molecule has 0 saturated carbocycles. The summed E-state index contributed by atoms with van der Waals surface area (Å²) in [5.74, 6) is -0.238. The standard InChI is InChI=1S/C14H20Cl2N2O.ClH/c1-9(8-17)13(19)18-14(2,3)7-10-4-5-11(15)6-12(10)16;/h4-6,9H,7-8,17H2,1-3H3,(H,18,19);1H. The highest BCUT2D eigenvalue weighted by Crippen LogP contribution is 2.24. The molecule has 0 aliphatic heterocycles. The van der Waals surface area contributed by atoms with E-state index in [2.05, 4.69) is 5.32 Å². The quantitative estimate of drug-likeness (QED) is 0.863. The lowest BCUT2D eigenvalue weighted by Crippen LogP contribution is -2.48. The van der Waals surface area contributed by atoms with Gasteiger partial charge in [-0.1, -0.05) is 36.2 Å². The summed E-state index contributed by atoms with van der Waals surface area (Å²) >= 11 is 12.0. The van der Waals surface area contributed by atoms with E-state index in [1.54, 1.807) is 19.1 Å². The molecule has 0 bridgehead atoms. The summed E-state index contributed by atoms with van der Waals surface area (Å²) in [6.45, 7) is 6.06. The van der Waals surface area contributed by atoms with Gasteiger partial charge in [0.1, 0.15) is 0 Å². The third-order valence-electron chi connectivity index (χ3n) is 2.91. The van der Waals surface area contributed by atoms with Gasteiger partial charge in [-0.25, -0.2) is 0 Å². The second-order valence-electron chi connectivity index (χ2n) is 5.42. The van der Waals surface area contributed by atoms with Crippen LogP contribution in [-0.4, -0.2) is 18.0 Å². The van der Waals surface area contributed by atoms with E-state index >= 15 is 0 Å². The Bertz CT molecular complexity index is 464. The van der Waals surface area contributed by atoms with E-state index in [1.165, 1.54) is 0 Å². The normalized spacial score (nSPS) is 12.5. The van der Waals surface area contributed by atoms with Crippen LogP contribution in [0.2, 0.25) is 10.0 Å². The summed E-state index contributed by atoms with van der Waals surface area (Å²) in [5.41, 5.74) is 6.05. The third kappa shape index (κ3) is 5.88. The Labute approximate surface area is 136 Å². The van der Waals surface area contributed by atoms with Gasteiger partial charge in [0.2, 0.25) is 5.91 Å². The Balaban J connectivity index is 0.00000361. The van der Waals surface area contributed by atoms with Crippen LogP contribution >= 0.6 is 35.6 Å². The predicted octanol–water partition coefficient (Wildman–Crippen LogP) is 3.45. The van der Waals surface area contributed by atoms with Crippen molar-refractivity contribution in [2.45, 2.75) is 32.7 Å². The molecule has 1 aromatic rings. The zero-order valence-electron chi connectivity index (χ0n) is 11.9. The van der Waals surface area contributed by atoms with Crippen molar-refractivity contribution < 1.29 is 4.79 Å². The molecule has 1 atom stereocenters. The van der Waals surface area contributed by atoms with Crippen molar-refractivity contribution in [3.63, 3.8) is 0 Å². The maximum Gasteiger partial charge on any atom is 0.224 e. The molecule has 0 fully saturated rings. The molecule has 1 amide bonds. The highest BCUT2D eigenvalue weighted by molar-refractivity contribution is 6.35. The SMILES string of the molecule is CC(CN)C(=O)NC(C)(C)Cc1ccc(Cl)cc1Cl.Cl. The van der Waals surface area contributed by atoms with Crippen LogP contribution in [0.1, 0.15) is 26.3 Å². The largest absolute Gasteiger partial charge is 0.351 e. The fourth-order valence-electron chi connectivity index (χ4n) is 1.75. The maximum absolute atomic E-state index is 11.9. The highest BCUT2D eigenvalue weighted by Gasteiger charge is 2.24. The molecule has 1 rings (SSSR count). The molecular weight excluding hydrogens is 319 g/mol. The Morgan fingerprint density at radius 3 is 2.50 bits per heavy atom. The van der Waals surface area contributed by atoms with Gasteiger partial charge in [-0.2, -0.15) is 0 Å². The molecule has 114 valence electrons. The summed E-state index contributed by atoms with van der Waals surface area (Å²) in [5, 5.41) is 4.20. The fourth-order valence-corrected chi connectivity index (χ4v) is 2.22. The molecule has 0 saturated heterocycles. The molecule has 3 nitrogen and oxygen atoms in total. The van der Waals surface area contributed by atoms with Crippen molar-refractivity contribution in [2.24, 2.45) is 11.7 Å². The van der Waals surface area contributed by atoms with Gasteiger partial charge in [-0.3, -0.25) is 4.79 Å². The summed E-state index contributed by atoms with van der Waals surface area (Å²) in [6.07, 6.45) is 0.631. The molecule has 6 heteroatoms. The average molecular weight is 340 g/mol. The lowest BCUT2D eigenvalue weighted by Gasteiger charge is -2.28. The predicted molar refractivity (Wildman–Crippen MR) is 87.9 cm³/mol. The molecule has 0 radical (unpaired) electrons. The van der Waals surface area contributed by atoms with Crippen LogP contribution in [-0.2, 0) is 11.2 Å². The monoisotopic (exact) mass is 338 g/mol. The van der Waals surface area contributed by atoms with E-state index < -0.39 is 5.54 Å². The van der Waals surface area contributed by atoms with Crippen LogP contribution in [0.4, 0.5) is 0 Å². The van der Waals surface area contributed by atoms with Crippen LogP contribution in [0.5, 0.6) is 0 Å². The number of benzene rings is 1. The van der Waals surface area contributed by atoms with Crippen molar-refractivity contribution in [1.82, 2.24) is 5.32 Å². The van der Waals surface area contributed by atoms with Crippen LogP contribution < -0.4 is 11.1 Å². The fraction of sp³-hybridized carbons (Fsp3) is 0.500. The van der Waals surface area contributed by atoms with E-state index in [9.17, 15) is 4.79 Å². The van der Waals surface area contributed by atoms with Crippen LogP contribution in [0.3, 0.4) is 0 Å². The van der Waals surface area contributed by atoms with Gasteiger partial charge >= 0.3 is 0 Å². The first-order chi connectivity index (χ1) is 8.75. The molecule has 20 heavy (non-hydrogen) atoms. The number of nitrogens with two attached hydrogens (primary N) is 1. The van der Waals surface area contributed by atoms with Gasteiger partial charge in [0.25, 0.3) is 0 Å². The minimum Gasteiger partial charge on any atom is -0.351 e. The second kappa shape index (κ2) is 8.08. The van der Waals surface area contributed by atoms with Gasteiger partial charge in [0, 0.05) is 28.0 Å². The summed E-state index contributed by atoms with van der Waals surface area (Å²) in [4.78, 5) is 11.9. The van der Waals surface area contributed by atoms with E-state index in [1.807, 2.05) is 19.9 Å². The molecule has 0 aliphatic carbocycles. The molecule has 1 aromatic carbocycles. The topological polar surface area (TPSA) is 55.1 Å². The number of amides is 1. The number of hydrogen-bond donors (Lipinski definition) is 2. The van der Waals surface area contributed by atoms with Gasteiger partial charge < -0.3 is 11.1 Å². The van der Waals surface area contributed by atoms with Crippen molar-refractivity contribution in [3.05, 3.63) is 33.8 Å². The average Bonchev–Trinajstić information content (AvgIpc) is 2.31. The summed E-state index contributed by atoms with van der Waals surface area (Å²) in [7, 11) is 0. The lowest BCUT2D eigenvalue weighted by atomic mass is 9.94. The number of halogens is 3. The van der Waals surface area contributed by atoms with E-state index in [0.717, 1.165) is 5.56 Å². The van der Waals surface area contributed by atoms with Crippen molar-refractivity contribution in [3.8, 4) is 0 Å². The van der Waals surface area contributed by atoms with E-state index in [0.29, 0.717) is 23.0 Å². The van der Waals surface area contributed by atoms with E-state index in [-0.39, 0.29) is 24.2 Å². The minimum atomic E-state index is -0.391. The van der Waals surface area contributed by atoms with Crippen LogP contribution in [0.15, 0.2) is 18.2 Å². The zero-order valence-corrected chi connectivity index (χ0v) is 14.2. The van der Waals surface area contributed by atoms with Gasteiger partial charge in [0.05, 0.1) is 0 Å². The molecule has 0 spiro atoms. The molecule has 0 aliphatic rings. The molecule has 3 N–H and O–H groups in total. The number of hydrogen-bond acceptors (Lipinski definition) is 2. The van der Waals surface area contributed by atoms with E-state index in [4.69, 9.17) is 28.9 Å². The number of rotatable bonds is 5. The number of nitrogens with one attached hydrogen (secondary N) is 1. The molecule has 0 aromatic heterocycles. The Morgan fingerprint density at radius 2 is 2.00 bits per heavy atom. The van der Waals surface area contributed by atoms with Crippen LogP contribution in [0.25, 0.3) is 0 Å².